The first-order valence-electron chi connectivity index (χ1n) is 26.4. The zero-order valence-electron chi connectivity index (χ0n) is 44.9. The molecule has 0 bridgehead atoms. The van der Waals surface area contributed by atoms with Crippen LogP contribution in [0.15, 0.2) is 101 Å². The number of hydrogen-bond acceptors (Lipinski definition) is 32. The Labute approximate surface area is 489 Å². The van der Waals surface area contributed by atoms with Crippen LogP contribution in [-0.2, 0) is 47.4 Å². The third-order valence-electron chi connectivity index (χ3n) is 14.6. The van der Waals surface area contributed by atoms with E-state index >= 15 is 0 Å². The Bertz CT molecular complexity index is 3220. The van der Waals surface area contributed by atoms with E-state index in [0.29, 0.717) is 5.56 Å². The van der Waals surface area contributed by atoms with E-state index < -0.39 is 235 Å². The summed E-state index contributed by atoms with van der Waals surface area (Å²) < 4.78 is 68.7. The van der Waals surface area contributed by atoms with Gasteiger partial charge >= 0.3 is 11.9 Å². The van der Waals surface area contributed by atoms with Gasteiger partial charge in [0.15, 0.2) is 48.2 Å². The van der Waals surface area contributed by atoms with Gasteiger partial charge in [-0.25, -0.2) is 4.79 Å². The van der Waals surface area contributed by atoms with Gasteiger partial charge in [-0.05, 0) is 35.9 Å². The number of phenols is 5. The number of esters is 1. The Hall–Kier alpha value is -7.42. The van der Waals surface area contributed by atoms with Crippen molar-refractivity contribution in [2.24, 2.45) is 0 Å². The summed E-state index contributed by atoms with van der Waals surface area (Å²) >= 11 is 0. The molecule has 13 unspecified atom stereocenters. The SMILES string of the molecule is C=CC1O[C@@H](O[C@@H]2CO[C@@H](Oc3c(O)cc(-c4oc5cc(O)cc(O)c5c(=O)c4O[C@@H]4OC(C=C)[C@H](O)C(O)C4O[C@@H]4OC(COC(=O)/C=C/c5ccc(O)cc5)[C@@H](O)C(O)C4OC4=C(O)C(O)[C@H](O)C(CO)O4)cc3O)C(O)C2O)C(O)C(O)[C@H]1O. The maximum absolute atomic E-state index is 14.7. The molecule has 474 valence electrons. The minimum Gasteiger partial charge on any atom is -0.508 e. The molecule has 1 aromatic heterocycles. The van der Waals surface area contributed by atoms with E-state index in [0.717, 1.165) is 42.5 Å². The van der Waals surface area contributed by atoms with Gasteiger partial charge in [0, 0.05) is 23.8 Å². The Morgan fingerprint density at radius 3 is 1.87 bits per heavy atom. The average Bonchev–Trinajstić information content (AvgIpc) is 0.918. The number of ether oxygens (including phenoxy) is 11. The second-order valence-electron chi connectivity index (χ2n) is 20.4. The number of aromatic hydroxyl groups is 5. The second kappa shape index (κ2) is 26.5. The number of fused-ring (bicyclic) bond motifs is 1. The van der Waals surface area contributed by atoms with E-state index in [1.54, 1.807) is 0 Å². The fraction of sp³-hybridized carbons (Fsp3) is 0.455. The van der Waals surface area contributed by atoms with E-state index in [4.69, 9.17) is 56.5 Å². The van der Waals surface area contributed by atoms with Crippen molar-refractivity contribution < 1.29 is 153 Å². The van der Waals surface area contributed by atoms with Gasteiger partial charge in [-0.2, -0.15) is 0 Å². The second-order valence-corrected chi connectivity index (χ2v) is 20.4. The number of carbonyl (C=O) groups is 1. The van der Waals surface area contributed by atoms with Crippen LogP contribution in [-0.4, -0.2) is 253 Å². The Morgan fingerprint density at radius 1 is 0.598 bits per heavy atom. The lowest BCUT2D eigenvalue weighted by Crippen LogP contribution is -2.65. The van der Waals surface area contributed by atoms with Crippen molar-refractivity contribution >= 4 is 23.0 Å². The summed E-state index contributed by atoms with van der Waals surface area (Å²) in [7, 11) is 0. The molecule has 0 saturated carbocycles. The van der Waals surface area contributed by atoms with Gasteiger partial charge in [0.2, 0.25) is 35.3 Å². The number of aliphatic hydroxyl groups excluding tert-OH is 13. The predicted octanol–water partition coefficient (Wildman–Crippen LogP) is -3.85. The molecule has 4 aromatic rings. The molecule has 18 N–H and O–H groups in total. The first-order chi connectivity index (χ1) is 41.3. The van der Waals surface area contributed by atoms with Crippen molar-refractivity contribution in [1.29, 1.82) is 0 Å². The van der Waals surface area contributed by atoms with Crippen molar-refractivity contribution in [2.75, 3.05) is 19.8 Å². The molecule has 87 heavy (non-hydrogen) atoms. The molecule has 9 rings (SSSR count). The normalized spacial score (nSPS) is 35.5. The average molecular weight is 1240 g/mol. The fourth-order valence-corrected chi connectivity index (χ4v) is 9.79. The molecule has 32 heteroatoms. The zero-order valence-corrected chi connectivity index (χ0v) is 44.9. The highest BCUT2D eigenvalue weighted by Gasteiger charge is 2.55. The quantitative estimate of drug-likeness (QED) is 0.0258. The molecule has 6 heterocycles. The molecule has 0 spiro atoms. The molecule has 0 aliphatic carbocycles. The van der Waals surface area contributed by atoms with Crippen LogP contribution in [0.1, 0.15) is 5.56 Å². The smallest absolute Gasteiger partial charge is 0.330 e. The molecular formula is C55H62O32. The Morgan fingerprint density at radius 2 is 1.22 bits per heavy atom. The molecule has 22 atom stereocenters. The monoisotopic (exact) mass is 1230 g/mol. The van der Waals surface area contributed by atoms with E-state index in [2.05, 4.69) is 13.2 Å². The van der Waals surface area contributed by atoms with Gasteiger partial charge in [0.1, 0.15) is 126 Å². The molecule has 5 aliphatic rings. The summed E-state index contributed by atoms with van der Waals surface area (Å²) in [5.74, 6) is -9.59. The van der Waals surface area contributed by atoms with Gasteiger partial charge < -0.3 is 148 Å². The Kier molecular flexibility index (Phi) is 19.5. The molecule has 4 fully saturated rings. The van der Waals surface area contributed by atoms with Crippen LogP contribution < -0.4 is 14.9 Å². The highest BCUT2D eigenvalue weighted by Crippen LogP contribution is 2.46. The maximum atomic E-state index is 14.7. The predicted molar refractivity (Wildman–Crippen MR) is 282 cm³/mol. The minimum atomic E-state index is -2.28. The van der Waals surface area contributed by atoms with Gasteiger partial charge in [-0.1, -0.05) is 24.3 Å². The summed E-state index contributed by atoms with van der Waals surface area (Å²) in [5, 5.41) is 194. The molecule has 32 nitrogen and oxygen atoms in total. The number of benzene rings is 3. The lowest BCUT2D eigenvalue weighted by molar-refractivity contribution is -0.359. The molecule has 0 amide bonds. The van der Waals surface area contributed by atoms with E-state index in [-0.39, 0.29) is 5.75 Å². The molecule has 4 saturated heterocycles. The standard InChI is InChI=1S/C55H62O32/c1-3-25-33(63)39(69)44(74)52(79-25)82-30-17-77-51(43(73)37(30)67)84-47-23(60)11-19(12-24(47)61)46-48(38(68)32-22(59)13-21(58)14-27(32)78-46)85-54-50(41(71)34(64)26(4-2)80-54)87-55-49(86-53-45(75)40(70)35(65)28(15-56)81-53)42(72)36(66)29(83-55)16-76-31(62)10-7-18-5-8-20(57)9-6-18/h3-14,25-26,28-30,33-37,39-44,49-52,54-61,63-67,69-75H,1-2,15-17H2/b10-7+/t25?,26?,28?,29?,30-,33+,34+,35-,36-,37?,39?,40?,41?,42?,43?,44?,49?,50?,51+,52+,54+,55+/m1/s1. The Balaban J connectivity index is 1.03. The largest absolute Gasteiger partial charge is 0.508 e. The van der Waals surface area contributed by atoms with Crippen molar-refractivity contribution in [2.45, 2.75) is 135 Å². The van der Waals surface area contributed by atoms with E-state index in [1.807, 2.05) is 0 Å². The lowest BCUT2D eigenvalue weighted by atomic mass is 9.97. The van der Waals surface area contributed by atoms with E-state index in [9.17, 15) is 102 Å². The van der Waals surface area contributed by atoms with Crippen molar-refractivity contribution in [3.05, 3.63) is 107 Å². The molecular weight excluding hydrogens is 1170 g/mol. The summed E-state index contributed by atoms with van der Waals surface area (Å²) in [4.78, 5) is 27.6. The summed E-state index contributed by atoms with van der Waals surface area (Å²) in [5.41, 5.74) is -1.92. The molecule has 5 aliphatic heterocycles. The number of phenolic OH excluding ortho intramolecular Hbond substituents is 5. The lowest BCUT2D eigenvalue weighted by Gasteiger charge is -2.47. The van der Waals surface area contributed by atoms with Crippen LogP contribution in [0.4, 0.5) is 0 Å². The van der Waals surface area contributed by atoms with Crippen LogP contribution in [0.3, 0.4) is 0 Å². The summed E-state index contributed by atoms with van der Waals surface area (Å²) in [6.45, 7) is 4.57. The first-order valence-corrected chi connectivity index (χ1v) is 26.4. The van der Waals surface area contributed by atoms with Crippen LogP contribution in [0, 0.1) is 0 Å². The van der Waals surface area contributed by atoms with E-state index in [1.165, 1.54) is 30.3 Å². The highest BCUT2D eigenvalue weighted by molar-refractivity contribution is 5.89. The van der Waals surface area contributed by atoms with Crippen molar-refractivity contribution in [3.63, 3.8) is 0 Å². The van der Waals surface area contributed by atoms with Crippen LogP contribution >= 0.6 is 0 Å². The third-order valence-corrected chi connectivity index (χ3v) is 14.6. The number of hydrogen-bond donors (Lipinski definition) is 18. The highest BCUT2D eigenvalue weighted by atomic mass is 16.8. The minimum absolute atomic E-state index is 0.0601. The van der Waals surface area contributed by atoms with Gasteiger partial charge in [-0.15, -0.1) is 13.2 Å². The van der Waals surface area contributed by atoms with Gasteiger partial charge in [0.05, 0.1) is 13.2 Å². The van der Waals surface area contributed by atoms with Gasteiger partial charge in [0.25, 0.3) is 0 Å². The van der Waals surface area contributed by atoms with Crippen LogP contribution in [0.5, 0.6) is 40.2 Å². The number of carbonyl (C=O) groups excluding carboxylic acids is 1. The third kappa shape index (κ3) is 13.1. The van der Waals surface area contributed by atoms with Gasteiger partial charge in [-0.3, -0.25) is 4.79 Å². The number of rotatable bonds is 18. The maximum Gasteiger partial charge on any atom is 0.330 e. The van der Waals surface area contributed by atoms with Crippen LogP contribution in [0.25, 0.3) is 28.4 Å². The number of aliphatic hydroxyl groups is 13. The van der Waals surface area contributed by atoms with Crippen LogP contribution in [0.2, 0.25) is 0 Å². The van der Waals surface area contributed by atoms with Crippen molar-refractivity contribution in [1.82, 2.24) is 0 Å². The topological polar surface area (TPSA) is 513 Å². The first kappa shape index (κ1) is 64.1. The zero-order chi connectivity index (χ0) is 63.0. The fourth-order valence-electron chi connectivity index (χ4n) is 9.79. The molecule has 3 aromatic carbocycles. The van der Waals surface area contributed by atoms with Crippen molar-refractivity contribution in [3.8, 4) is 51.6 Å². The molecule has 0 radical (unpaired) electrons. The summed E-state index contributed by atoms with van der Waals surface area (Å²) in [6.07, 6.45) is -38.0. The summed E-state index contributed by atoms with van der Waals surface area (Å²) in [6, 6.07) is 8.81.